The maximum absolute atomic E-state index is 11.3. The first kappa shape index (κ1) is 16.7. The van der Waals surface area contributed by atoms with Gasteiger partial charge in [-0.25, -0.2) is 13.6 Å². The number of hydrazone groups is 1. The van der Waals surface area contributed by atoms with Crippen molar-refractivity contribution < 1.29 is 22.8 Å². The Bertz CT molecular complexity index is 973. The number of hydrogen-bond donors (Lipinski definition) is 2. The molecule has 0 fully saturated rings. The number of nitro groups is 1. The second kappa shape index (κ2) is 6.37. The van der Waals surface area contributed by atoms with Crippen molar-refractivity contribution in [2.24, 2.45) is 10.2 Å². The maximum Gasteiger partial charge on any atom is 0.295 e. The molecule has 0 saturated heterocycles. The van der Waals surface area contributed by atoms with Crippen molar-refractivity contribution in [1.29, 1.82) is 0 Å². The first-order valence-corrected chi connectivity index (χ1v) is 8.39. The molecule has 10 nitrogen and oxygen atoms in total. The number of primary sulfonamides is 1. The molecule has 2 aromatic rings. The number of benzene rings is 2. The summed E-state index contributed by atoms with van der Waals surface area (Å²) in [6, 6.07) is 8.39. The number of hydrogen-bond acceptors (Lipinski definition) is 8. The van der Waals surface area contributed by atoms with E-state index in [2.05, 4.69) is 10.5 Å². The molecule has 1 aliphatic rings. The number of anilines is 1. The summed E-state index contributed by atoms with van der Waals surface area (Å²) < 4.78 is 33.0. The van der Waals surface area contributed by atoms with Gasteiger partial charge in [-0.3, -0.25) is 15.5 Å². The van der Waals surface area contributed by atoms with Crippen LogP contribution in [0.25, 0.3) is 0 Å². The summed E-state index contributed by atoms with van der Waals surface area (Å²) in [6.07, 6.45) is 1.43. The largest absolute Gasteiger partial charge is 0.454 e. The molecular formula is C14H12N4O6S. The Balaban J connectivity index is 1.82. The van der Waals surface area contributed by atoms with E-state index in [1.807, 2.05) is 0 Å². The van der Waals surface area contributed by atoms with Gasteiger partial charge < -0.3 is 9.47 Å². The molecule has 130 valence electrons. The van der Waals surface area contributed by atoms with E-state index in [1.54, 1.807) is 18.2 Å². The topological polar surface area (TPSA) is 146 Å². The van der Waals surface area contributed by atoms with E-state index in [4.69, 9.17) is 14.6 Å². The molecule has 0 unspecified atom stereocenters. The summed E-state index contributed by atoms with van der Waals surface area (Å²) in [7, 11) is -4.04. The zero-order valence-electron chi connectivity index (χ0n) is 12.6. The van der Waals surface area contributed by atoms with Crippen LogP contribution in [0, 0.1) is 10.1 Å². The first-order valence-electron chi connectivity index (χ1n) is 6.84. The molecule has 25 heavy (non-hydrogen) atoms. The van der Waals surface area contributed by atoms with Gasteiger partial charge in [0, 0.05) is 6.07 Å². The normalized spacial score (nSPS) is 13.2. The van der Waals surface area contributed by atoms with Gasteiger partial charge in [-0.2, -0.15) is 5.10 Å². The lowest BCUT2D eigenvalue weighted by molar-refractivity contribution is -0.384. The fourth-order valence-electron chi connectivity index (χ4n) is 2.10. The summed E-state index contributed by atoms with van der Waals surface area (Å²) in [5.41, 5.74) is 2.75. The van der Waals surface area contributed by atoms with Gasteiger partial charge in [0.25, 0.3) is 5.69 Å². The summed E-state index contributed by atoms with van der Waals surface area (Å²) in [5, 5.41) is 20.0. The van der Waals surface area contributed by atoms with Crippen LogP contribution in [0.2, 0.25) is 0 Å². The Morgan fingerprint density at radius 2 is 1.96 bits per heavy atom. The molecule has 11 heteroatoms. The number of nitrogens with zero attached hydrogens (tertiary/aromatic N) is 2. The second-order valence-corrected chi connectivity index (χ2v) is 6.53. The number of ether oxygens (including phenoxy) is 2. The minimum atomic E-state index is -4.04. The Labute approximate surface area is 142 Å². The summed E-state index contributed by atoms with van der Waals surface area (Å²) in [5.74, 6) is 1.20. The number of nitrogens with two attached hydrogens (primary N) is 1. The van der Waals surface area contributed by atoms with Crippen LogP contribution in [0.4, 0.5) is 11.4 Å². The number of rotatable bonds is 5. The predicted octanol–water partition coefficient (Wildman–Crippen LogP) is 1.42. The highest BCUT2D eigenvalue weighted by atomic mass is 32.2. The first-order chi connectivity index (χ1) is 11.8. The molecule has 0 bridgehead atoms. The fourth-order valence-corrected chi connectivity index (χ4v) is 2.64. The molecule has 0 spiro atoms. The van der Waals surface area contributed by atoms with E-state index in [9.17, 15) is 18.5 Å². The van der Waals surface area contributed by atoms with E-state index in [1.165, 1.54) is 12.3 Å². The standard InChI is InChI=1S/C14H12N4O6S/c15-25(21,22)10-2-3-11(12(6-10)18(19)20)17-16-7-9-1-4-13-14(5-9)24-8-23-13/h1-7,17H,8H2,(H2,15,21,22). The molecule has 1 heterocycles. The highest BCUT2D eigenvalue weighted by molar-refractivity contribution is 7.89. The highest BCUT2D eigenvalue weighted by Gasteiger charge is 2.19. The molecule has 2 aromatic carbocycles. The van der Waals surface area contributed by atoms with Crippen LogP contribution in [-0.4, -0.2) is 26.3 Å². The molecule has 0 atom stereocenters. The van der Waals surface area contributed by atoms with Crippen molar-refractivity contribution in [3.63, 3.8) is 0 Å². The Kier molecular flexibility index (Phi) is 4.25. The minimum absolute atomic E-state index is 0.0226. The smallest absolute Gasteiger partial charge is 0.295 e. The average molecular weight is 364 g/mol. The number of fused-ring (bicyclic) bond motifs is 1. The SMILES string of the molecule is NS(=O)(=O)c1ccc(NN=Cc2ccc3c(c2)OCO3)c([N+](=O)[O-])c1. The van der Waals surface area contributed by atoms with Crippen LogP contribution in [0.5, 0.6) is 11.5 Å². The molecule has 0 amide bonds. The van der Waals surface area contributed by atoms with Crippen molar-refractivity contribution >= 4 is 27.6 Å². The van der Waals surface area contributed by atoms with Crippen molar-refractivity contribution in [1.82, 2.24) is 0 Å². The van der Waals surface area contributed by atoms with Gasteiger partial charge in [-0.05, 0) is 35.9 Å². The molecule has 0 aromatic heterocycles. The van der Waals surface area contributed by atoms with Gasteiger partial charge in [0.2, 0.25) is 16.8 Å². The van der Waals surface area contributed by atoms with E-state index >= 15 is 0 Å². The quantitative estimate of drug-likeness (QED) is 0.463. The zero-order chi connectivity index (χ0) is 18.0. The van der Waals surface area contributed by atoms with Gasteiger partial charge in [0.15, 0.2) is 11.5 Å². The molecule has 0 aliphatic carbocycles. The lowest BCUT2D eigenvalue weighted by Crippen LogP contribution is -2.12. The average Bonchev–Trinajstić information content (AvgIpc) is 3.01. The van der Waals surface area contributed by atoms with Crippen molar-refractivity contribution in [2.75, 3.05) is 12.2 Å². The molecule has 1 aliphatic heterocycles. The van der Waals surface area contributed by atoms with E-state index < -0.39 is 20.6 Å². The Morgan fingerprint density at radius 3 is 2.68 bits per heavy atom. The minimum Gasteiger partial charge on any atom is -0.454 e. The molecule has 0 radical (unpaired) electrons. The number of nitrogens with one attached hydrogen (secondary N) is 1. The summed E-state index contributed by atoms with van der Waals surface area (Å²) in [4.78, 5) is 10.0. The van der Waals surface area contributed by atoms with Crippen molar-refractivity contribution in [2.45, 2.75) is 4.90 Å². The lowest BCUT2D eigenvalue weighted by atomic mass is 10.2. The summed E-state index contributed by atoms with van der Waals surface area (Å²) >= 11 is 0. The predicted molar refractivity (Wildman–Crippen MR) is 88.3 cm³/mol. The van der Waals surface area contributed by atoms with Crippen LogP contribution >= 0.6 is 0 Å². The monoisotopic (exact) mass is 364 g/mol. The lowest BCUT2D eigenvalue weighted by Gasteiger charge is -2.04. The van der Waals surface area contributed by atoms with Gasteiger partial charge >= 0.3 is 0 Å². The third-order valence-corrected chi connectivity index (χ3v) is 4.20. The van der Waals surface area contributed by atoms with Crippen LogP contribution in [0.15, 0.2) is 46.4 Å². The van der Waals surface area contributed by atoms with Crippen LogP contribution in [0.3, 0.4) is 0 Å². The Hall–Kier alpha value is -3.18. The van der Waals surface area contributed by atoms with Crippen molar-refractivity contribution in [3.05, 3.63) is 52.1 Å². The second-order valence-electron chi connectivity index (χ2n) is 4.96. The van der Waals surface area contributed by atoms with Gasteiger partial charge in [-0.15, -0.1) is 0 Å². The van der Waals surface area contributed by atoms with E-state index in [0.29, 0.717) is 17.1 Å². The van der Waals surface area contributed by atoms with E-state index in [-0.39, 0.29) is 17.4 Å². The third kappa shape index (κ3) is 3.67. The third-order valence-electron chi connectivity index (χ3n) is 3.29. The van der Waals surface area contributed by atoms with E-state index in [0.717, 1.165) is 12.1 Å². The molecule has 3 rings (SSSR count). The van der Waals surface area contributed by atoms with Gasteiger partial charge in [-0.1, -0.05) is 0 Å². The molecular weight excluding hydrogens is 352 g/mol. The maximum atomic E-state index is 11.3. The van der Waals surface area contributed by atoms with Crippen LogP contribution in [0.1, 0.15) is 5.56 Å². The fraction of sp³-hybridized carbons (Fsp3) is 0.0714. The zero-order valence-corrected chi connectivity index (χ0v) is 13.4. The number of nitro benzene ring substituents is 1. The van der Waals surface area contributed by atoms with Crippen LogP contribution < -0.4 is 20.0 Å². The van der Waals surface area contributed by atoms with Gasteiger partial charge in [0.05, 0.1) is 16.0 Å². The Morgan fingerprint density at radius 1 is 1.20 bits per heavy atom. The summed E-state index contributed by atoms with van der Waals surface area (Å²) in [6.45, 7) is 0.150. The molecule has 0 saturated carbocycles. The van der Waals surface area contributed by atoms with Gasteiger partial charge in [0.1, 0.15) is 5.69 Å². The highest BCUT2D eigenvalue weighted by Crippen LogP contribution is 2.32. The van der Waals surface area contributed by atoms with Crippen molar-refractivity contribution in [3.8, 4) is 11.5 Å². The molecule has 3 N–H and O–H groups in total. The van der Waals surface area contributed by atoms with Crippen LogP contribution in [-0.2, 0) is 10.0 Å². The number of sulfonamides is 1.